The topological polar surface area (TPSA) is 268 Å². The van der Waals surface area contributed by atoms with Crippen molar-refractivity contribution >= 4 is 29.5 Å². The number of nitrogens with two attached hydrogens (primary N) is 1. The first kappa shape index (κ1) is 31.6. The third-order valence-corrected chi connectivity index (χ3v) is 8.14. The number of ether oxygens (including phenoxy) is 3. The van der Waals surface area contributed by atoms with Crippen LogP contribution in [0.25, 0.3) is 6.08 Å². The molecule has 1 aromatic rings. The van der Waals surface area contributed by atoms with Gasteiger partial charge in [0.05, 0.1) is 24.9 Å². The van der Waals surface area contributed by atoms with Crippen LogP contribution in [-0.2, 0) is 41.1 Å². The van der Waals surface area contributed by atoms with E-state index in [1.165, 1.54) is 24.4 Å². The van der Waals surface area contributed by atoms with Gasteiger partial charge in [0.15, 0.2) is 0 Å². The molecular weight excluding hydrogens is 567 g/mol. The van der Waals surface area contributed by atoms with Crippen molar-refractivity contribution in [3.63, 3.8) is 0 Å². The Morgan fingerprint density at radius 2 is 1.89 bits per heavy atom. The Morgan fingerprint density at radius 3 is 2.51 bits per heavy atom. The molecule has 0 aliphatic carbocycles. The van der Waals surface area contributed by atoms with Crippen LogP contribution in [0.3, 0.4) is 0 Å². The molecule has 0 aromatic carbocycles. The first-order valence-electron chi connectivity index (χ1n) is 10.1. The Bertz CT molecular complexity index is 1220. The van der Waals surface area contributed by atoms with Crippen LogP contribution in [0.1, 0.15) is 18.2 Å². The Hall–Kier alpha value is -1.59. The third kappa shape index (κ3) is 10.6. The molecule has 1 fully saturated rings. The monoisotopic (exact) mass is 593 g/mol. The molecule has 0 spiro atoms. The number of nitrogens with zero attached hydrogens (tertiary/aromatic N) is 1. The van der Waals surface area contributed by atoms with Gasteiger partial charge in [-0.15, -0.1) is 6.58 Å². The predicted octanol–water partition coefficient (Wildman–Crippen LogP) is -0.315. The van der Waals surface area contributed by atoms with Crippen LogP contribution in [-0.4, -0.2) is 67.9 Å². The van der Waals surface area contributed by atoms with E-state index in [0.717, 1.165) is 4.57 Å². The summed E-state index contributed by atoms with van der Waals surface area (Å²) in [6, 6.07) is 0. The van der Waals surface area contributed by atoms with Crippen molar-refractivity contribution in [1.82, 2.24) is 9.55 Å². The molecule has 0 saturated carbocycles. The van der Waals surface area contributed by atoms with Crippen molar-refractivity contribution in [2.45, 2.75) is 24.9 Å². The maximum Gasteiger partial charge on any atom is 0.490 e. The van der Waals surface area contributed by atoms with Crippen molar-refractivity contribution in [3.05, 3.63) is 51.3 Å². The molecular formula is C16H26N3O15P3. The average molecular weight is 593 g/mol. The van der Waals surface area contributed by atoms with E-state index >= 15 is 0 Å². The molecule has 1 saturated heterocycles. The molecule has 21 heteroatoms. The number of aromatic nitrogens is 2. The highest BCUT2D eigenvalue weighted by atomic mass is 31.3. The number of hydrogen-bond acceptors (Lipinski definition) is 12. The molecule has 5 atom stereocenters. The molecule has 0 amide bonds. The van der Waals surface area contributed by atoms with Crippen molar-refractivity contribution < 1.29 is 60.6 Å². The molecule has 210 valence electrons. The van der Waals surface area contributed by atoms with Gasteiger partial charge in [0, 0.05) is 19.2 Å². The van der Waals surface area contributed by atoms with Gasteiger partial charge >= 0.3 is 29.2 Å². The molecule has 3 unspecified atom stereocenters. The average Bonchev–Trinajstić information content (AvgIpc) is 3.15. The summed E-state index contributed by atoms with van der Waals surface area (Å²) >= 11 is 0. The summed E-state index contributed by atoms with van der Waals surface area (Å²) in [6.07, 6.45) is 2.24. The Balaban J connectivity index is 2.20. The van der Waals surface area contributed by atoms with E-state index in [4.69, 9.17) is 29.7 Å². The van der Waals surface area contributed by atoms with E-state index in [1.54, 1.807) is 0 Å². The molecule has 2 heterocycles. The smallest absolute Gasteiger partial charge is 0.351 e. The lowest BCUT2D eigenvalue weighted by Crippen LogP contribution is -2.33. The Labute approximate surface area is 208 Å². The van der Waals surface area contributed by atoms with Crippen molar-refractivity contribution in [2.75, 3.05) is 26.6 Å². The highest BCUT2D eigenvalue weighted by Crippen LogP contribution is 2.66. The molecule has 18 nitrogen and oxygen atoms in total. The van der Waals surface area contributed by atoms with Gasteiger partial charge in [0.25, 0.3) is 5.56 Å². The maximum absolute atomic E-state index is 12.4. The second-order valence-corrected chi connectivity index (χ2v) is 11.5. The van der Waals surface area contributed by atoms with E-state index in [2.05, 4.69) is 24.7 Å². The molecule has 1 aromatic heterocycles. The number of hydrogen-bond donors (Lipinski definition) is 6. The quantitative estimate of drug-likeness (QED) is 0.0658. The lowest BCUT2D eigenvalue weighted by atomic mass is 10.2. The second-order valence-electron chi connectivity index (χ2n) is 7.12. The molecule has 7 N–H and O–H groups in total. The summed E-state index contributed by atoms with van der Waals surface area (Å²) in [5, 5.41) is 0. The van der Waals surface area contributed by atoms with Crippen LogP contribution in [0.4, 0.5) is 0 Å². The zero-order valence-electron chi connectivity index (χ0n) is 18.9. The number of phosphoric ester groups is 1. The van der Waals surface area contributed by atoms with Crippen molar-refractivity contribution in [1.29, 1.82) is 0 Å². The van der Waals surface area contributed by atoms with Crippen LogP contribution in [0.2, 0.25) is 0 Å². The number of phosphoric acid groups is 3. The third-order valence-electron chi connectivity index (χ3n) is 4.34. The summed E-state index contributed by atoms with van der Waals surface area (Å²) in [4.78, 5) is 62.7. The van der Waals surface area contributed by atoms with Crippen LogP contribution in [0, 0.1) is 0 Å². The standard InChI is InChI=1S/C16H26N3O15P3/c1-2-6-29-10-30-12-7-14(19-8-11(4-3-5-17)15(20)18-16(19)21)32-13(12)9-31-36(25,26)34-37(27,28)33-35(22,23)24/h2-4,8,12-14H,1,5-7,9-10,17H2,(H,25,26)(H,27,28)(H,18,20,21)(H2,22,23,24)/b4-3+/t12?,13-,14-/m1/s1. The highest BCUT2D eigenvalue weighted by molar-refractivity contribution is 7.66. The fourth-order valence-electron chi connectivity index (χ4n) is 2.96. The van der Waals surface area contributed by atoms with Crippen LogP contribution < -0.4 is 17.0 Å². The summed E-state index contributed by atoms with van der Waals surface area (Å²) in [6.45, 7) is 2.60. The van der Waals surface area contributed by atoms with Gasteiger partial charge in [-0.3, -0.25) is 18.9 Å². The number of nitrogens with one attached hydrogen (secondary N) is 1. The highest BCUT2D eigenvalue weighted by Gasteiger charge is 2.43. The summed E-state index contributed by atoms with van der Waals surface area (Å²) < 4.78 is 63.7. The Morgan fingerprint density at radius 1 is 1.19 bits per heavy atom. The first-order chi connectivity index (χ1) is 17.2. The van der Waals surface area contributed by atoms with Gasteiger partial charge in [-0.25, -0.2) is 18.5 Å². The molecule has 1 aliphatic rings. The van der Waals surface area contributed by atoms with E-state index in [1.807, 2.05) is 0 Å². The van der Waals surface area contributed by atoms with Crippen LogP contribution in [0.15, 0.2) is 34.5 Å². The summed E-state index contributed by atoms with van der Waals surface area (Å²) in [7, 11) is -16.7. The molecule has 37 heavy (non-hydrogen) atoms. The van der Waals surface area contributed by atoms with Crippen molar-refractivity contribution in [2.24, 2.45) is 5.73 Å². The zero-order valence-corrected chi connectivity index (χ0v) is 21.6. The van der Waals surface area contributed by atoms with Crippen LogP contribution in [0.5, 0.6) is 0 Å². The lowest BCUT2D eigenvalue weighted by Gasteiger charge is -2.21. The van der Waals surface area contributed by atoms with Crippen molar-refractivity contribution in [3.8, 4) is 0 Å². The maximum atomic E-state index is 12.4. The SMILES string of the molecule is C=CCOCOC1C[C@H](n2cc(/C=C/CN)c(=O)[nH]c2=O)O[C@@H]1COP(=O)(O)OP(=O)(O)OP(=O)(O)O. The van der Waals surface area contributed by atoms with Gasteiger partial charge in [-0.05, 0) is 0 Å². The second kappa shape index (κ2) is 13.5. The minimum atomic E-state index is -5.72. The van der Waals surface area contributed by atoms with E-state index in [-0.39, 0.29) is 31.9 Å². The minimum absolute atomic E-state index is 0.0478. The normalized spacial score (nSPS) is 23.6. The van der Waals surface area contributed by atoms with E-state index in [0.29, 0.717) is 0 Å². The predicted molar refractivity (Wildman–Crippen MR) is 124 cm³/mol. The molecule has 0 bridgehead atoms. The fourth-order valence-corrected chi connectivity index (χ4v) is 5.99. The molecule has 2 rings (SSSR count). The number of aromatic amines is 1. The summed E-state index contributed by atoms with van der Waals surface area (Å²) in [5.41, 5.74) is 3.94. The number of H-pyrrole nitrogens is 1. The largest absolute Gasteiger partial charge is 0.490 e. The molecule has 0 radical (unpaired) electrons. The van der Waals surface area contributed by atoms with Gasteiger partial charge in [-0.1, -0.05) is 18.2 Å². The summed E-state index contributed by atoms with van der Waals surface area (Å²) in [5.74, 6) is 0. The lowest BCUT2D eigenvalue weighted by molar-refractivity contribution is -0.113. The van der Waals surface area contributed by atoms with Gasteiger partial charge in [0.1, 0.15) is 19.1 Å². The van der Waals surface area contributed by atoms with Gasteiger partial charge in [0.2, 0.25) is 0 Å². The number of rotatable bonds is 15. The van der Waals surface area contributed by atoms with Gasteiger partial charge < -0.3 is 39.5 Å². The van der Waals surface area contributed by atoms with E-state index in [9.17, 15) is 33.1 Å². The van der Waals surface area contributed by atoms with E-state index < -0.39 is 59.8 Å². The molecule has 1 aliphatic heterocycles. The van der Waals surface area contributed by atoms with Crippen LogP contribution >= 0.6 is 23.5 Å². The zero-order chi connectivity index (χ0) is 27.9. The fraction of sp³-hybridized carbons (Fsp3) is 0.500. The Kier molecular flexibility index (Phi) is 11.5. The van der Waals surface area contributed by atoms with Gasteiger partial charge in [-0.2, -0.15) is 8.62 Å². The first-order valence-corrected chi connectivity index (χ1v) is 14.6. The minimum Gasteiger partial charge on any atom is -0.351 e.